The van der Waals surface area contributed by atoms with E-state index in [1.807, 2.05) is 13.8 Å². The number of benzene rings is 2. The molecule has 0 atom stereocenters. The van der Waals surface area contributed by atoms with Crippen molar-refractivity contribution in [2.75, 3.05) is 0 Å². The van der Waals surface area contributed by atoms with Crippen LogP contribution in [0.1, 0.15) is 36.7 Å². The third-order valence-corrected chi connectivity index (χ3v) is 3.29. The van der Waals surface area contributed by atoms with Crippen molar-refractivity contribution in [2.45, 2.75) is 26.9 Å². The molecule has 0 bridgehead atoms. The van der Waals surface area contributed by atoms with E-state index in [-0.39, 0.29) is 17.7 Å². The summed E-state index contributed by atoms with van der Waals surface area (Å²) in [6, 6.07) is 12.8. The Balaban J connectivity index is 2.06. The highest BCUT2D eigenvalue weighted by atomic mass is 16.6. The molecule has 2 aromatic carbocycles. The van der Waals surface area contributed by atoms with Gasteiger partial charge in [0, 0.05) is 23.3 Å². The van der Waals surface area contributed by atoms with E-state index >= 15 is 0 Å². The molecule has 0 aliphatic carbocycles. The molecule has 7 heteroatoms. The van der Waals surface area contributed by atoms with Crippen molar-refractivity contribution < 1.29 is 14.5 Å². The summed E-state index contributed by atoms with van der Waals surface area (Å²) in [5.41, 5.74) is 3.89. The summed E-state index contributed by atoms with van der Waals surface area (Å²) >= 11 is 0. The van der Waals surface area contributed by atoms with Gasteiger partial charge >= 0.3 is 0 Å². The van der Waals surface area contributed by atoms with Crippen LogP contribution < -0.4 is 10.2 Å². The van der Waals surface area contributed by atoms with E-state index in [0.717, 1.165) is 0 Å². The van der Waals surface area contributed by atoms with Crippen molar-refractivity contribution in [3.05, 3.63) is 69.8 Å². The lowest BCUT2D eigenvalue weighted by Crippen LogP contribution is -2.19. The van der Waals surface area contributed by atoms with E-state index in [9.17, 15) is 14.9 Å². The molecule has 130 valence electrons. The van der Waals surface area contributed by atoms with E-state index in [4.69, 9.17) is 4.74 Å². The first-order chi connectivity index (χ1) is 11.9. The highest BCUT2D eigenvalue weighted by molar-refractivity contribution is 6.01. The smallest absolute Gasteiger partial charge is 0.271 e. The van der Waals surface area contributed by atoms with Crippen LogP contribution in [0.15, 0.2) is 53.6 Å². The van der Waals surface area contributed by atoms with Crippen LogP contribution in [0.3, 0.4) is 0 Å². The number of ether oxygens (including phenoxy) is 1. The lowest BCUT2D eigenvalue weighted by molar-refractivity contribution is -0.384. The second-order valence-corrected chi connectivity index (χ2v) is 5.64. The molecule has 25 heavy (non-hydrogen) atoms. The van der Waals surface area contributed by atoms with Gasteiger partial charge in [-0.2, -0.15) is 5.10 Å². The van der Waals surface area contributed by atoms with Crippen LogP contribution in [0, 0.1) is 10.1 Å². The van der Waals surface area contributed by atoms with E-state index < -0.39 is 4.92 Å². The first kappa shape index (κ1) is 18.1. The number of nitrogens with zero attached hydrogens (tertiary/aromatic N) is 2. The highest BCUT2D eigenvalue weighted by Crippen LogP contribution is 2.15. The number of carbonyl (C=O) groups is 1. The summed E-state index contributed by atoms with van der Waals surface area (Å²) in [7, 11) is 0. The first-order valence-corrected chi connectivity index (χ1v) is 7.73. The first-order valence-electron chi connectivity index (χ1n) is 7.73. The molecular weight excluding hydrogens is 322 g/mol. The van der Waals surface area contributed by atoms with Crippen molar-refractivity contribution in [1.82, 2.24) is 5.43 Å². The van der Waals surface area contributed by atoms with Gasteiger partial charge in [0.1, 0.15) is 5.75 Å². The summed E-state index contributed by atoms with van der Waals surface area (Å²) in [6.07, 6.45) is 0.0573. The minimum Gasteiger partial charge on any atom is -0.491 e. The van der Waals surface area contributed by atoms with Gasteiger partial charge in [-0.15, -0.1) is 0 Å². The van der Waals surface area contributed by atoms with Gasteiger partial charge in [0.15, 0.2) is 0 Å². The standard InChI is InChI=1S/C18H19N3O4/c1-12(2)25-17-9-7-14(8-10-17)18(22)20-19-13(3)15-5-4-6-16(11-15)21(23)24/h4-12H,1-3H3,(H,20,22)/b19-13-. The van der Waals surface area contributed by atoms with Crippen LogP contribution in [0.2, 0.25) is 0 Å². The fourth-order valence-corrected chi connectivity index (χ4v) is 2.07. The monoisotopic (exact) mass is 341 g/mol. The molecule has 0 saturated heterocycles. The predicted molar refractivity (Wildman–Crippen MR) is 95.0 cm³/mol. The van der Waals surface area contributed by atoms with Crippen molar-refractivity contribution in [1.29, 1.82) is 0 Å². The molecular formula is C18H19N3O4. The largest absolute Gasteiger partial charge is 0.491 e. The summed E-state index contributed by atoms with van der Waals surface area (Å²) in [5.74, 6) is 0.309. The molecule has 0 heterocycles. The molecule has 7 nitrogen and oxygen atoms in total. The Morgan fingerprint density at radius 2 is 1.84 bits per heavy atom. The number of hydrogen-bond acceptors (Lipinski definition) is 5. The van der Waals surface area contributed by atoms with Crippen molar-refractivity contribution >= 4 is 17.3 Å². The Morgan fingerprint density at radius 1 is 1.16 bits per heavy atom. The Bertz CT molecular complexity index is 798. The van der Waals surface area contributed by atoms with Gasteiger partial charge in [0.2, 0.25) is 0 Å². The van der Waals surface area contributed by atoms with E-state index in [1.54, 1.807) is 43.3 Å². The fourth-order valence-electron chi connectivity index (χ4n) is 2.07. The second-order valence-electron chi connectivity index (χ2n) is 5.64. The van der Waals surface area contributed by atoms with Crippen molar-refractivity contribution in [3.63, 3.8) is 0 Å². The SMILES string of the molecule is C/C(=N/NC(=O)c1ccc(OC(C)C)cc1)c1cccc([N+](=O)[O-])c1. The van der Waals surface area contributed by atoms with E-state index in [2.05, 4.69) is 10.5 Å². The average molecular weight is 341 g/mol. The zero-order chi connectivity index (χ0) is 18.4. The molecule has 1 amide bonds. The van der Waals surface area contributed by atoms with Crippen LogP contribution in [0.5, 0.6) is 5.75 Å². The van der Waals surface area contributed by atoms with Crippen LogP contribution >= 0.6 is 0 Å². The molecule has 0 saturated carbocycles. The molecule has 0 spiro atoms. The van der Waals surface area contributed by atoms with Crippen LogP contribution in [-0.4, -0.2) is 22.6 Å². The minimum absolute atomic E-state index is 0.0286. The molecule has 2 aromatic rings. The topological polar surface area (TPSA) is 93.8 Å². The lowest BCUT2D eigenvalue weighted by Gasteiger charge is -2.09. The second kappa shape index (κ2) is 8.05. The van der Waals surface area contributed by atoms with Gasteiger partial charge in [-0.1, -0.05) is 12.1 Å². The maximum atomic E-state index is 12.1. The number of nitro benzene ring substituents is 1. The number of hydrazone groups is 1. The third-order valence-electron chi connectivity index (χ3n) is 3.29. The van der Waals surface area contributed by atoms with Crippen molar-refractivity contribution in [2.24, 2.45) is 5.10 Å². The Hall–Kier alpha value is -3.22. The van der Waals surface area contributed by atoms with E-state index in [0.29, 0.717) is 22.6 Å². The van der Waals surface area contributed by atoms with Crippen LogP contribution in [-0.2, 0) is 0 Å². The van der Waals surface area contributed by atoms with Crippen LogP contribution in [0.25, 0.3) is 0 Å². The average Bonchev–Trinajstić information content (AvgIpc) is 2.59. The number of nitro groups is 1. The van der Waals surface area contributed by atoms with Crippen molar-refractivity contribution in [3.8, 4) is 5.75 Å². The molecule has 0 aliphatic heterocycles. The lowest BCUT2D eigenvalue weighted by atomic mass is 10.1. The number of carbonyl (C=O) groups excluding carboxylic acids is 1. The Labute approximate surface area is 145 Å². The third kappa shape index (κ3) is 5.13. The van der Waals surface area contributed by atoms with Crippen LogP contribution in [0.4, 0.5) is 5.69 Å². The van der Waals surface area contributed by atoms with Gasteiger partial charge in [-0.25, -0.2) is 5.43 Å². The van der Waals surface area contributed by atoms with Gasteiger partial charge < -0.3 is 4.74 Å². The van der Waals surface area contributed by atoms with E-state index in [1.165, 1.54) is 12.1 Å². The normalized spacial score (nSPS) is 11.3. The Morgan fingerprint density at radius 3 is 2.44 bits per heavy atom. The van der Waals surface area contributed by atoms with Gasteiger partial charge in [0.05, 0.1) is 16.7 Å². The molecule has 2 rings (SSSR count). The molecule has 0 unspecified atom stereocenters. The highest BCUT2D eigenvalue weighted by Gasteiger charge is 2.09. The maximum absolute atomic E-state index is 12.1. The molecule has 0 aliphatic rings. The van der Waals surface area contributed by atoms with Gasteiger partial charge in [0.25, 0.3) is 11.6 Å². The molecule has 0 aromatic heterocycles. The summed E-state index contributed by atoms with van der Waals surface area (Å²) in [4.78, 5) is 22.5. The van der Waals surface area contributed by atoms with Gasteiger partial charge in [-0.3, -0.25) is 14.9 Å². The number of rotatable bonds is 6. The maximum Gasteiger partial charge on any atom is 0.271 e. The fraction of sp³-hybridized carbons (Fsp3) is 0.222. The molecule has 0 fully saturated rings. The number of nitrogens with one attached hydrogen (secondary N) is 1. The summed E-state index contributed by atoms with van der Waals surface area (Å²) in [6.45, 7) is 5.51. The predicted octanol–water partition coefficient (Wildman–Crippen LogP) is 3.54. The number of hydrogen-bond donors (Lipinski definition) is 1. The van der Waals surface area contributed by atoms with Gasteiger partial charge in [-0.05, 0) is 45.0 Å². The zero-order valence-electron chi connectivity index (χ0n) is 14.2. The zero-order valence-corrected chi connectivity index (χ0v) is 14.2. The Kier molecular flexibility index (Phi) is 5.84. The summed E-state index contributed by atoms with van der Waals surface area (Å²) in [5, 5.41) is 14.8. The molecule has 0 radical (unpaired) electrons. The number of non-ortho nitro benzene ring substituents is 1. The number of amides is 1. The molecule has 1 N–H and O–H groups in total. The minimum atomic E-state index is -0.476. The summed E-state index contributed by atoms with van der Waals surface area (Å²) < 4.78 is 5.52. The quantitative estimate of drug-likeness (QED) is 0.494.